The standard InChI is InChI=1S/C18H27N3/c1-3-13-9-10-14(12-19)17(11-13)21-16-8-6-5-7-15(16)20-18(21)4-2/h5-8,13-14,17H,3-4,9-12,19H2,1-2H3. The fourth-order valence-electron chi connectivity index (χ4n) is 3.97. The Morgan fingerprint density at radius 3 is 2.76 bits per heavy atom. The van der Waals surface area contributed by atoms with Crippen LogP contribution in [0.25, 0.3) is 11.0 Å². The Kier molecular flexibility index (Phi) is 4.29. The van der Waals surface area contributed by atoms with Gasteiger partial charge in [0.25, 0.3) is 0 Å². The minimum Gasteiger partial charge on any atom is -0.330 e. The van der Waals surface area contributed by atoms with Crippen LogP contribution in [-0.4, -0.2) is 16.1 Å². The Labute approximate surface area is 127 Å². The fourth-order valence-corrected chi connectivity index (χ4v) is 3.97. The van der Waals surface area contributed by atoms with Crippen LogP contribution in [0.4, 0.5) is 0 Å². The molecule has 1 aliphatic rings. The van der Waals surface area contributed by atoms with E-state index in [1.807, 2.05) is 0 Å². The molecule has 3 heteroatoms. The second-order valence-corrected chi connectivity index (χ2v) is 6.39. The lowest BCUT2D eigenvalue weighted by atomic mass is 9.77. The number of imidazole rings is 1. The number of aryl methyl sites for hydroxylation is 1. The van der Waals surface area contributed by atoms with Gasteiger partial charge in [-0.15, -0.1) is 0 Å². The molecule has 114 valence electrons. The third kappa shape index (κ3) is 2.59. The van der Waals surface area contributed by atoms with E-state index < -0.39 is 0 Å². The molecule has 2 aromatic rings. The summed E-state index contributed by atoms with van der Waals surface area (Å²) in [7, 11) is 0. The summed E-state index contributed by atoms with van der Waals surface area (Å²) in [5, 5.41) is 0. The van der Waals surface area contributed by atoms with E-state index in [9.17, 15) is 0 Å². The monoisotopic (exact) mass is 285 g/mol. The molecule has 1 aromatic carbocycles. The third-order valence-electron chi connectivity index (χ3n) is 5.26. The molecule has 1 heterocycles. The first-order valence-electron chi connectivity index (χ1n) is 8.44. The molecule has 0 aliphatic heterocycles. The first-order chi connectivity index (χ1) is 10.3. The Morgan fingerprint density at radius 2 is 2.05 bits per heavy atom. The van der Waals surface area contributed by atoms with E-state index in [-0.39, 0.29) is 0 Å². The third-order valence-corrected chi connectivity index (χ3v) is 5.26. The van der Waals surface area contributed by atoms with Gasteiger partial charge in [-0.3, -0.25) is 0 Å². The van der Waals surface area contributed by atoms with E-state index in [0.29, 0.717) is 12.0 Å². The molecule has 21 heavy (non-hydrogen) atoms. The number of para-hydroxylation sites is 2. The maximum absolute atomic E-state index is 6.09. The zero-order chi connectivity index (χ0) is 14.8. The minimum absolute atomic E-state index is 0.524. The van der Waals surface area contributed by atoms with Crippen molar-refractivity contribution in [3.05, 3.63) is 30.1 Å². The van der Waals surface area contributed by atoms with Crippen LogP contribution < -0.4 is 5.73 Å². The van der Waals surface area contributed by atoms with Gasteiger partial charge in [0.05, 0.1) is 11.0 Å². The van der Waals surface area contributed by atoms with Crippen LogP contribution in [-0.2, 0) is 6.42 Å². The normalized spacial score (nSPS) is 26.3. The molecular weight excluding hydrogens is 258 g/mol. The van der Waals surface area contributed by atoms with Crippen molar-refractivity contribution in [1.29, 1.82) is 0 Å². The molecule has 1 fully saturated rings. The summed E-state index contributed by atoms with van der Waals surface area (Å²) < 4.78 is 2.51. The maximum atomic E-state index is 6.09. The van der Waals surface area contributed by atoms with Gasteiger partial charge in [0.1, 0.15) is 5.82 Å². The van der Waals surface area contributed by atoms with Crippen LogP contribution >= 0.6 is 0 Å². The molecule has 0 radical (unpaired) electrons. The van der Waals surface area contributed by atoms with Crippen molar-refractivity contribution < 1.29 is 0 Å². The fraction of sp³-hybridized carbons (Fsp3) is 0.611. The van der Waals surface area contributed by atoms with Crippen LogP contribution in [0, 0.1) is 11.8 Å². The summed E-state index contributed by atoms with van der Waals surface area (Å²) in [5.74, 6) is 2.65. The number of hydrogen-bond acceptors (Lipinski definition) is 2. The van der Waals surface area contributed by atoms with Crippen molar-refractivity contribution >= 4 is 11.0 Å². The topological polar surface area (TPSA) is 43.8 Å². The summed E-state index contributed by atoms with van der Waals surface area (Å²) in [6.07, 6.45) is 6.12. The van der Waals surface area contributed by atoms with E-state index in [2.05, 4.69) is 42.7 Å². The predicted octanol–water partition coefficient (Wildman–Crippen LogP) is 3.92. The molecular formula is C18H27N3. The van der Waals surface area contributed by atoms with Crippen LogP contribution in [0.2, 0.25) is 0 Å². The average Bonchev–Trinajstić information content (AvgIpc) is 2.92. The summed E-state index contributed by atoms with van der Waals surface area (Å²) in [6, 6.07) is 9.07. The Bertz CT molecular complexity index is 602. The van der Waals surface area contributed by atoms with Crippen LogP contribution in [0.3, 0.4) is 0 Å². The molecule has 3 unspecified atom stereocenters. The lowest BCUT2D eigenvalue weighted by molar-refractivity contribution is 0.185. The molecule has 0 saturated heterocycles. The largest absolute Gasteiger partial charge is 0.330 e. The minimum atomic E-state index is 0.524. The molecule has 3 atom stereocenters. The van der Waals surface area contributed by atoms with Crippen molar-refractivity contribution in [2.75, 3.05) is 6.54 Å². The van der Waals surface area contributed by atoms with Crippen LogP contribution in [0.5, 0.6) is 0 Å². The van der Waals surface area contributed by atoms with Crippen molar-refractivity contribution in [3.63, 3.8) is 0 Å². The van der Waals surface area contributed by atoms with E-state index in [4.69, 9.17) is 10.7 Å². The summed E-state index contributed by atoms with van der Waals surface area (Å²) in [5.41, 5.74) is 8.50. The Balaban J connectivity index is 2.07. The average molecular weight is 285 g/mol. The lowest BCUT2D eigenvalue weighted by Crippen LogP contribution is -2.33. The zero-order valence-electron chi connectivity index (χ0n) is 13.3. The lowest BCUT2D eigenvalue weighted by Gasteiger charge is -2.37. The highest BCUT2D eigenvalue weighted by molar-refractivity contribution is 5.76. The number of nitrogens with two attached hydrogens (primary N) is 1. The number of fused-ring (bicyclic) bond motifs is 1. The van der Waals surface area contributed by atoms with Crippen LogP contribution in [0.1, 0.15) is 51.4 Å². The first-order valence-corrected chi connectivity index (χ1v) is 8.44. The smallest absolute Gasteiger partial charge is 0.109 e. The Hall–Kier alpha value is -1.35. The van der Waals surface area contributed by atoms with Crippen molar-refractivity contribution in [2.24, 2.45) is 17.6 Å². The Morgan fingerprint density at radius 1 is 1.24 bits per heavy atom. The number of rotatable bonds is 4. The predicted molar refractivity (Wildman–Crippen MR) is 88.3 cm³/mol. The van der Waals surface area contributed by atoms with E-state index in [1.165, 1.54) is 37.0 Å². The van der Waals surface area contributed by atoms with Gasteiger partial charge in [0.15, 0.2) is 0 Å². The van der Waals surface area contributed by atoms with Crippen molar-refractivity contribution in [2.45, 2.75) is 52.0 Å². The summed E-state index contributed by atoms with van der Waals surface area (Å²) in [6.45, 7) is 5.31. The SMILES string of the molecule is CCc1nc2ccccc2n1C1CC(CC)CCC1CN. The van der Waals surface area contributed by atoms with Crippen molar-refractivity contribution in [3.8, 4) is 0 Å². The number of nitrogens with zero attached hydrogens (tertiary/aromatic N) is 2. The number of benzene rings is 1. The van der Waals surface area contributed by atoms with E-state index in [1.54, 1.807) is 0 Å². The molecule has 1 saturated carbocycles. The summed E-state index contributed by atoms with van der Waals surface area (Å²) in [4.78, 5) is 4.85. The second kappa shape index (κ2) is 6.18. The van der Waals surface area contributed by atoms with Crippen LogP contribution in [0.15, 0.2) is 24.3 Å². The summed E-state index contributed by atoms with van der Waals surface area (Å²) >= 11 is 0. The molecule has 3 nitrogen and oxygen atoms in total. The van der Waals surface area contributed by atoms with Gasteiger partial charge in [-0.1, -0.05) is 32.4 Å². The van der Waals surface area contributed by atoms with E-state index in [0.717, 1.165) is 24.4 Å². The van der Waals surface area contributed by atoms with Gasteiger partial charge in [0.2, 0.25) is 0 Å². The highest BCUT2D eigenvalue weighted by Gasteiger charge is 2.32. The highest BCUT2D eigenvalue weighted by atomic mass is 15.1. The van der Waals surface area contributed by atoms with Gasteiger partial charge < -0.3 is 10.3 Å². The number of hydrogen-bond donors (Lipinski definition) is 1. The highest BCUT2D eigenvalue weighted by Crippen LogP contribution is 2.40. The maximum Gasteiger partial charge on any atom is 0.109 e. The van der Waals surface area contributed by atoms with E-state index >= 15 is 0 Å². The van der Waals surface area contributed by atoms with Gasteiger partial charge in [-0.05, 0) is 49.8 Å². The molecule has 3 rings (SSSR count). The molecule has 0 spiro atoms. The molecule has 1 aromatic heterocycles. The molecule has 1 aliphatic carbocycles. The first kappa shape index (κ1) is 14.6. The van der Waals surface area contributed by atoms with Gasteiger partial charge >= 0.3 is 0 Å². The zero-order valence-corrected chi connectivity index (χ0v) is 13.3. The molecule has 2 N–H and O–H groups in total. The second-order valence-electron chi connectivity index (χ2n) is 6.39. The molecule has 0 amide bonds. The van der Waals surface area contributed by atoms with Gasteiger partial charge in [-0.25, -0.2) is 4.98 Å². The number of aromatic nitrogens is 2. The van der Waals surface area contributed by atoms with Gasteiger partial charge in [-0.2, -0.15) is 0 Å². The quantitative estimate of drug-likeness (QED) is 0.925. The van der Waals surface area contributed by atoms with Gasteiger partial charge in [0, 0.05) is 12.5 Å². The molecule has 0 bridgehead atoms. The van der Waals surface area contributed by atoms with Crippen molar-refractivity contribution in [1.82, 2.24) is 9.55 Å².